The third-order valence-electron chi connectivity index (χ3n) is 5.76. The molecule has 0 radical (unpaired) electrons. The molecular weight excluding hydrogens is 390 g/mol. The van der Waals surface area contributed by atoms with Gasteiger partial charge in [-0.1, -0.05) is 35.5 Å². The second kappa shape index (κ2) is 7.83. The summed E-state index contributed by atoms with van der Waals surface area (Å²) in [5.74, 6) is 0.993. The van der Waals surface area contributed by atoms with Crippen molar-refractivity contribution in [3.8, 4) is 22.4 Å². The molecule has 0 bridgehead atoms. The molecule has 7 heteroatoms. The number of aromatic nitrogens is 3. The minimum absolute atomic E-state index is 0.112. The Morgan fingerprint density at radius 3 is 2.52 bits per heavy atom. The van der Waals surface area contributed by atoms with Gasteiger partial charge in [0.25, 0.3) is 0 Å². The predicted octanol–water partition coefficient (Wildman–Crippen LogP) is 3.93. The second-order valence-electron chi connectivity index (χ2n) is 7.73. The van der Waals surface area contributed by atoms with Gasteiger partial charge in [-0.25, -0.2) is 9.97 Å². The fraction of sp³-hybridized carbons (Fsp3) is 0.250. The number of carbonyl (C=O) groups excluding carboxylic acids is 1. The maximum atomic E-state index is 11.7. The molecule has 4 aromatic rings. The van der Waals surface area contributed by atoms with E-state index < -0.39 is 0 Å². The lowest BCUT2D eigenvalue weighted by atomic mass is 10.0. The number of hydrogen-bond acceptors (Lipinski definition) is 6. The van der Waals surface area contributed by atoms with E-state index in [1.165, 1.54) is 0 Å². The Hall–Kier alpha value is -3.74. The summed E-state index contributed by atoms with van der Waals surface area (Å²) in [5.41, 5.74) is 5.97. The molecule has 0 aliphatic carbocycles. The summed E-state index contributed by atoms with van der Waals surface area (Å²) in [6, 6.07) is 16.1. The summed E-state index contributed by atoms with van der Waals surface area (Å²) in [4.78, 5) is 25.4. The number of piperazine rings is 1. The molecule has 4 heterocycles. The Balaban J connectivity index is 1.63. The van der Waals surface area contributed by atoms with Crippen molar-refractivity contribution in [3.63, 3.8) is 0 Å². The van der Waals surface area contributed by atoms with Crippen molar-refractivity contribution < 1.29 is 9.32 Å². The molecule has 7 nitrogen and oxygen atoms in total. The van der Waals surface area contributed by atoms with Gasteiger partial charge in [0, 0.05) is 56.0 Å². The van der Waals surface area contributed by atoms with Gasteiger partial charge >= 0.3 is 0 Å². The van der Waals surface area contributed by atoms with Crippen molar-refractivity contribution >= 4 is 22.8 Å². The second-order valence-corrected chi connectivity index (χ2v) is 7.73. The van der Waals surface area contributed by atoms with Crippen LogP contribution in [0.2, 0.25) is 0 Å². The average Bonchev–Trinajstić information content (AvgIpc) is 3.20. The standard InChI is InChI=1S/C24H23N5O2/c1-16-22-23(31-27-16)20(15-21(26-22)18-7-4-3-5-8-18)19-9-6-10-25-24(19)29-13-11-28(12-14-29)17(2)30/h3-10,15H,11-14H2,1-2H3. The number of pyridine rings is 2. The highest BCUT2D eigenvalue weighted by Crippen LogP contribution is 2.37. The third kappa shape index (κ3) is 3.52. The van der Waals surface area contributed by atoms with Crippen LogP contribution in [0.4, 0.5) is 5.82 Å². The number of amides is 1. The highest BCUT2D eigenvalue weighted by atomic mass is 16.5. The number of fused-ring (bicyclic) bond motifs is 1. The molecule has 1 aromatic carbocycles. The van der Waals surface area contributed by atoms with Gasteiger partial charge in [0.05, 0.1) is 5.69 Å². The highest BCUT2D eigenvalue weighted by molar-refractivity contribution is 5.96. The zero-order valence-corrected chi connectivity index (χ0v) is 17.6. The van der Waals surface area contributed by atoms with Gasteiger partial charge in [-0.15, -0.1) is 0 Å². The normalized spacial score (nSPS) is 14.3. The topological polar surface area (TPSA) is 75.4 Å². The van der Waals surface area contributed by atoms with Crippen molar-refractivity contribution in [2.24, 2.45) is 0 Å². The van der Waals surface area contributed by atoms with E-state index >= 15 is 0 Å². The van der Waals surface area contributed by atoms with Gasteiger partial charge in [0.2, 0.25) is 5.91 Å². The van der Waals surface area contributed by atoms with Crippen LogP contribution < -0.4 is 4.90 Å². The number of rotatable bonds is 3. The zero-order valence-electron chi connectivity index (χ0n) is 17.6. The maximum Gasteiger partial charge on any atom is 0.219 e. The van der Waals surface area contributed by atoms with Crippen molar-refractivity contribution in [2.45, 2.75) is 13.8 Å². The number of aryl methyl sites for hydroxylation is 1. The minimum atomic E-state index is 0.112. The zero-order chi connectivity index (χ0) is 21.4. The molecular formula is C24H23N5O2. The third-order valence-corrected chi connectivity index (χ3v) is 5.76. The number of benzene rings is 1. The summed E-state index contributed by atoms with van der Waals surface area (Å²) < 4.78 is 5.70. The molecule has 1 aliphatic heterocycles. The molecule has 31 heavy (non-hydrogen) atoms. The van der Waals surface area contributed by atoms with Crippen LogP contribution in [-0.2, 0) is 4.79 Å². The quantitative estimate of drug-likeness (QED) is 0.507. The van der Waals surface area contributed by atoms with E-state index in [0.29, 0.717) is 18.7 Å². The van der Waals surface area contributed by atoms with Crippen molar-refractivity contribution in [1.82, 2.24) is 20.0 Å². The molecule has 1 fully saturated rings. The first-order valence-corrected chi connectivity index (χ1v) is 10.4. The predicted molar refractivity (Wildman–Crippen MR) is 120 cm³/mol. The van der Waals surface area contributed by atoms with E-state index in [-0.39, 0.29) is 5.91 Å². The van der Waals surface area contributed by atoms with Crippen molar-refractivity contribution in [1.29, 1.82) is 0 Å². The summed E-state index contributed by atoms with van der Waals surface area (Å²) >= 11 is 0. The number of carbonyl (C=O) groups is 1. The number of nitrogens with zero attached hydrogens (tertiary/aromatic N) is 5. The molecule has 0 atom stereocenters. The summed E-state index contributed by atoms with van der Waals surface area (Å²) in [5, 5.41) is 4.17. The summed E-state index contributed by atoms with van der Waals surface area (Å²) in [7, 11) is 0. The molecule has 1 aliphatic rings. The van der Waals surface area contributed by atoms with Gasteiger partial charge in [0.1, 0.15) is 17.0 Å². The van der Waals surface area contributed by atoms with E-state index in [4.69, 9.17) is 14.5 Å². The van der Waals surface area contributed by atoms with Crippen LogP contribution in [0.1, 0.15) is 12.6 Å². The first-order chi connectivity index (χ1) is 15.1. The highest BCUT2D eigenvalue weighted by Gasteiger charge is 2.24. The van der Waals surface area contributed by atoms with Crippen LogP contribution in [0.15, 0.2) is 59.3 Å². The van der Waals surface area contributed by atoms with Crippen LogP contribution in [0.25, 0.3) is 33.5 Å². The van der Waals surface area contributed by atoms with Crippen LogP contribution in [-0.4, -0.2) is 52.1 Å². The first-order valence-electron chi connectivity index (χ1n) is 10.4. The van der Waals surface area contributed by atoms with Crippen LogP contribution in [0.3, 0.4) is 0 Å². The largest absolute Gasteiger partial charge is 0.354 e. The van der Waals surface area contributed by atoms with E-state index in [1.54, 1.807) is 13.1 Å². The lowest BCUT2D eigenvalue weighted by Gasteiger charge is -2.35. The molecule has 0 saturated carbocycles. The summed E-state index contributed by atoms with van der Waals surface area (Å²) in [6.45, 7) is 6.37. The molecule has 5 rings (SSSR count). The monoisotopic (exact) mass is 413 g/mol. The van der Waals surface area contributed by atoms with Gasteiger partial charge < -0.3 is 14.3 Å². The lowest BCUT2D eigenvalue weighted by molar-refractivity contribution is -0.129. The Kier molecular flexibility index (Phi) is 4.86. The van der Waals surface area contributed by atoms with E-state index in [2.05, 4.69) is 22.2 Å². The maximum absolute atomic E-state index is 11.7. The molecule has 0 spiro atoms. The van der Waals surface area contributed by atoms with Gasteiger partial charge in [0.15, 0.2) is 5.58 Å². The van der Waals surface area contributed by atoms with E-state index in [0.717, 1.165) is 52.5 Å². The first kappa shape index (κ1) is 19.2. The Morgan fingerprint density at radius 2 is 1.77 bits per heavy atom. The molecule has 1 amide bonds. The fourth-order valence-corrected chi connectivity index (χ4v) is 4.08. The van der Waals surface area contributed by atoms with E-state index in [9.17, 15) is 4.79 Å². The Labute approximate surface area is 180 Å². The number of hydrogen-bond donors (Lipinski definition) is 0. The Bertz CT molecular complexity index is 1240. The lowest BCUT2D eigenvalue weighted by Crippen LogP contribution is -2.48. The average molecular weight is 413 g/mol. The van der Waals surface area contributed by atoms with E-state index in [1.807, 2.05) is 48.2 Å². The molecule has 3 aromatic heterocycles. The number of anilines is 1. The fourth-order valence-electron chi connectivity index (χ4n) is 4.08. The molecule has 156 valence electrons. The molecule has 0 N–H and O–H groups in total. The van der Waals surface area contributed by atoms with Crippen LogP contribution in [0, 0.1) is 6.92 Å². The van der Waals surface area contributed by atoms with Gasteiger partial charge in [-0.05, 0) is 25.1 Å². The van der Waals surface area contributed by atoms with Crippen molar-refractivity contribution in [2.75, 3.05) is 31.1 Å². The minimum Gasteiger partial charge on any atom is -0.354 e. The van der Waals surface area contributed by atoms with Gasteiger partial charge in [-0.3, -0.25) is 4.79 Å². The van der Waals surface area contributed by atoms with Crippen LogP contribution in [0.5, 0.6) is 0 Å². The van der Waals surface area contributed by atoms with Crippen molar-refractivity contribution in [3.05, 3.63) is 60.4 Å². The smallest absolute Gasteiger partial charge is 0.219 e. The Morgan fingerprint density at radius 1 is 1.00 bits per heavy atom. The summed E-state index contributed by atoms with van der Waals surface area (Å²) in [6.07, 6.45) is 1.80. The molecule has 0 unspecified atom stereocenters. The van der Waals surface area contributed by atoms with Crippen LogP contribution >= 0.6 is 0 Å². The SMILES string of the molecule is CC(=O)N1CCN(c2ncccc2-c2cc(-c3ccccc3)nc3c(C)noc23)CC1. The van der Waals surface area contributed by atoms with Gasteiger partial charge in [-0.2, -0.15) is 0 Å². The molecule has 1 saturated heterocycles.